The predicted molar refractivity (Wildman–Crippen MR) is 65.6 cm³/mol. The van der Waals surface area contributed by atoms with Crippen molar-refractivity contribution in [1.82, 2.24) is 4.90 Å². The molecule has 0 saturated carbocycles. The van der Waals surface area contributed by atoms with Gasteiger partial charge in [0.25, 0.3) is 0 Å². The van der Waals surface area contributed by atoms with Gasteiger partial charge in [-0.3, -0.25) is 4.79 Å². The summed E-state index contributed by atoms with van der Waals surface area (Å²) in [5.74, 6) is 0.502. The number of nitrogens with zero attached hydrogens (tertiary/aromatic N) is 1. The van der Waals surface area contributed by atoms with E-state index < -0.39 is 0 Å². The van der Waals surface area contributed by atoms with Crippen LogP contribution in [-0.2, 0) is 14.3 Å². The average Bonchev–Trinajstić information content (AvgIpc) is 2.70. The minimum atomic E-state index is 0.0601. The fraction of sp³-hybridized carbons (Fsp3) is 0.917. The Bertz CT molecular complexity index is 236. The van der Waals surface area contributed by atoms with Gasteiger partial charge < -0.3 is 20.1 Å². The van der Waals surface area contributed by atoms with Crippen LogP contribution in [0.1, 0.15) is 20.3 Å². The monoisotopic (exact) mass is 244 g/mol. The molecule has 0 aromatic heterocycles. The van der Waals surface area contributed by atoms with Crippen molar-refractivity contribution in [3.8, 4) is 0 Å². The van der Waals surface area contributed by atoms with Gasteiger partial charge in [-0.2, -0.15) is 0 Å². The van der Waals surface area contributed by atoms with Crippen LogP contribution in [0, 0.1) is 5.92 Å². The normalized spacial score (nSPS) is 24.3. The summed E-state index contributed by atoms with van der Waals surface area (Å²) in [6.07, 6.45) is 1.00. The molecular formula is C12H24N2O3. The molecule has 1 aliphatic rings. The lowest BCUT2D eigenvalue weighted by atomic mass is 10.1. The van der Waals surface area contributed by atoms with Crippen LogP contribution in [0.15, 0.2) is 0 Å². The summed E-state index contributed by atoms with van der Waals surface area (Å²) in [6, 6.07) is 0.284. The summed E-state index contributed by atoms with van der Waals surface area (Å²) in [5.41, 5.74) is 5.63. The number of rotatable bonds is 7. The van der Waals surface area contributed by atoms with E-state index in [2.05, 4.69) is 6.92 Å². The zero-order valence-electron chi connectivity index (χ0n) is 10.9. The van der Waals surface area contributed by atoms with Crippen molar-refractivity contribution in [1.29, 1.82) is 0 Å². The molecule has 5 nitrogen and oxygen atoms in total. The highest BCUT2D eigenvalue weighted by atomic mass is 16.5. The largest absolute Gasteiger partial charge is 0.379 e. The molecule has 1 heterocycles. The Morgan fingerprint density at radius 2 is 2.12 bits per heavy atom. The second-order valence-electron chi connectivity index (χ2n) is 4.48. The molecule has 0 aliphatic carbocycles. The molecule has 2 unspecified atom stereocenters. The first kappa shape index (κ1) is 14.4. The topological polar surface area (TPSA) is 64.8 Å². The van der Waals surface area contributed by atoms with Crippen LogP contribution in [0.3, 0.4) is 0 Å². The molecule has 1 aliphatic heterocycles. The van der Waals surface area contributed by atoms with Crippen LogP contribution in [0.2, 0.25) is 0 Å². The van der Waals surface area contributed by atoms with E-state index in [1.54, 1.807) is 0 Å². The molecular weight excluding hydrogens is 220 g/mol. The summed E-state index contributed by atoms with van der Waals surface area (Å²) in [7, 11) is 0. The average molecular weight is 244 g/mol. The van der Waals surface area contributed by atoms with Crippen LogP contribution in [0.4, 0.5) is 0 Å². The molecule has 1 amide bonds. The molecule has 2 atom stereocenters. The van der Waals surface area contributed by atoms with E-state index >= 15 is 0 Å². The van der Waals surface area contributed by atoms with Crippen LogP contribution in [0.25, 0.3) is 0 Å². The lowest BCUT2D eigenvalue weighted by Crippen LogP contribution is -2.37. The van der Waals surface area contributed by atoms with Crippen molar-refractivity contribution in [2.24, 2.45) is 11.7 Å². The SMILES string of the molecule is CCOCCOCC(=O)N1CC(CN)CC1C. The fourth-order valence-electron chi connectivity index (χ4n) is 2.17. The zero-order valence-corrected chi connectivity index (χ0v) is 10.9. The molecule has 17 heavy (non-hydrogen) atoms. The first-order valence-electron chi connectivity index (χ1n) is 6.34. The number of nitrogens with two attached hydrogens (primary N) is 1. The van der Waals surface area contributed by atoms with Crippen molar-refractivity contribution in [2.75, 3.05) is 39.5 Å². The number of likely N-dealkylation sites (tertiary alicyclic amines) is 1. The van der Waals surface area contributed by atoms with Gasteiger partial charge in [-0.05, 0) is 32.7 Å². The summed E-state index contributed by atoms with van der Waals surface area (Å²) in [5, 5.41) is 0. The smallest absolute Gasteiger partial charge is 0.248 e. The van der Waals surface area contributed by atoms with E-state index in [4.69, 9.17) is 15.2 Å². The Hall–Kier alpha value is -0.650. The first-order chi connectivity index (χ1) is 8.19. The van der Waals surface area contributed by atoms with E-state index in [1.165, 1.54) is 0 Å². The van der Waals surface area contributed by atoms with Crippen molar-refractivity contribution in [2.45, 2.75) is 26.3 Å². The molecule has 100 valence electrons. The number of ether oxygens (including phenoxy) is 2. The standard InChI is InChI=1S/C12H24N2O3/c1-3-16-4-5-17-9-12(15)14-8-11(7-13)6-10(14)2/h10-11H,3-9,13H2,1-2H3. The minimum Gasteiger partial charge on any atom is -0.379 e. The zero-order chi connectivity index (χ0) is 12.7. The van der Waals surface area contributed by atoms with E-state index in [9.17, 15) is 4.79 Å². The van der Waals surface area contributed by atoms with Gasteiger partial charge in [0, 0.05) is 19.2 Å². The molecule has 0 radical (unpaired) electrons. The Morgan fingerprint density at radius 1 is 1.41 bits per heavy atom. The molecule has 1 rings (SSSR count). The van der Waals surface area contributed by atoms with Gasteiger partial charge in [-0.1, -0.05) is 0 Å². The molecule has 0 aromatic carbocycles. The van der Waals surface area contributed by atoms with Crippen LogP contribution < -0.4 is 5.73 Å². The Kier molecular flexibility index (Phi) is 6.47. The molecule has 0 bridgehead atoms. The van der Waals surface area contributed by atoms with Crippen molar-refractivity contribution < 1.29 is 14.3 Å². The maximum atomic E-state index is 11.9. The summed E-state index contributed by atoms with van der Waals surface area (Å²) >= 11 is 0. The number of amides is 1. The second kappa shape index (κ2) is 7.63. The predicted octanol–water partition coefficient (Wildman–Crippen LogP) is 0.235. The van der Waals surface area contributed by atoms with Gasteiger partial charge in [-0.25, -0.2) is 0 Å². The lowest BCUT2D eigenvalue weighted by molar-refractivity contribution is -0.137. The van der Waals surface area contributed by atoms with Crippen molar-refractivity contribution >= 4 is 5.91 Å². The summed E-state index contributed by atoms with van der Waals surface area (Å²) in [6.45, 7) is 7.27. The minimum absolute atomic E-state index is 0.0601. The van der Waals surface area contributed by atoms with Crippen LogP contribution in [0.5, 0.6) is 0 Å². The highest BCUT2D eigenvalue weighted by Gasteiger charge is 2.31. The summed E-state index contributed by atoms with van der Waals surface area (Å²) < 4.78 is 10.4. The van der Waals surface area contributed by atoms with Crippen molar-refractivity contribution in [3.63, 3.8) is 0 Å². The molecule has 1 fully saturated rings. The van der Waals surface area contributed by atoms with Gasteiger partial charge in [-0.15, -0.1) is 0 Å². The van der Waals surface area contributed by atoms with Crippen LogP contribution in [-0.4, -0.2) is 56.4 Å². The van der Waals surface area contributed by atoms with Gasteiger partial charge in [0.1, 0.15) is 6.61 Å². The van der Waals surface area contributed by atoms with Gasteiger partial charge in [0.05, 0.1) is 13.2 Å². The van der Waals surface area contributed by atoms with E-state index in [1.807, 2.05) is 11.8 Å². The highest BCUT2D eigenvalue weighted by molar-refractivity contribution is 5.78. The Morgan fingerprint density at radius 3 is 2.71 bits per heavy atom. The third-order valence-electron chi connectivity index (χ3n) is 3.12. The lowest BCUT2D eigenvalue weighted by Gasteiger charge is -2.21. The van der Waals surface area contributed by atoms with Gasteiger partial charge in [0.2, 0.25) is 5.91 Å². The van der Waals surface area contributed by atoms with E-state index in [0.717, 1.165) is 13.0 Å². The molecule has 0 aromatic rings. The Labute approximate surface area is 103 Å². The van der Waals surface area contributed by atoms with Gasteiger partial charge >= 0.3 is 0 Å². The van der Waals surface area contributed by atoms with Gasteiger partial charge in [0.15, 0.2) is 0 Å². The third kappa shape index (κ3) is 4.61. The molecule has 2 N–H and O–H groups in total. The number of hydrogen-bond acceptors (Lipinski definition) is 4. The Balaban J connectivity index is 2.19. The van der Waals surface area contributed by atoms with E-state index in [0.29, 0.717) is 32.3 Å². The number of carbonyl (C=O) groups is 1. The second-order valence-corrected chi connectivity index (χ2v) is 4.48. The molecule has 0 spiro atoms. The van der Waals surface area contributed by atoms with Crippen molar-refractivity contribution in [3.05, 3.63) is 0 Å². The molecule has 5 heteroatoms. The maximum absolute atomic E-state index is 11.9. The first-order valence-corrected chi connectivity index (χ1v) is 6.34. The van der Waals surface area contributed by atoms with E-state index in [-0.39, 0.29) is 18.6 Å². The fourth-order valence-corrected chi connectivity index (χ4v) is 2.17. The summed E-state index contributed by atoms with van der Waals surface area (Å²) in [4.78, 5) is 13.7. The quantitative estimate of drug-likeness (QED) is 0.651. The molecule has 1 saturated heterocycles. The highest BCUT2D eigenvalue weighted by Crippen LogP contribution is 2.21. The maximum Gasteiger partial charge on any atom is 0.248 e. The number of hydrogen-bond donors (Lipinski definition) is 1. The number of carbonyl (C=O) groups excluding carboxylic acids is 1. The van der Waals surface area contributed by atoms with Crippen LogP contribution >= 0.6 is 0 Å². The third-order valence-corrected chi connectivity index (χ3v) is 3.12.